The Morgan fingerprint density at radius 2 is 2.29 bits per heavy atom. The lowest BCUT2D eigenvalue weighted by atomic mass is 10.1. The summed E-state index contributed by atoms with van der Waals surface area (Å²) in [5, 5.41) is 21.2. The van der Waals surface area contributed by atoms with Gasteiger partial charge in [-0.1, -0.05) is 23.2 Å². The quantitative estimate of drug-likeness (QED) is 0.759. The van der Waals surface area contributed by atoms with Crippen LogP contribution in [0.15, 0.2) is 24.4 Å². The summed E-state index contributed by atoms with van der Waals surface area (Å²) in [5.41, 5.74) is 1.09. The molecule has 1 aromatic carbocycles. The van der Waals surface area contributed by atoms with Gasteiger partial charge in [0.2, 0.25) is 0 Å². The predicted molar refractivity (Wildman–Crippen MR) is 81.5 cm³/mol. The number of hydrogen-bond donors (Lipinski definition) is 3. The first-order chi connectivity index (χ1) is 10.1. The Morgan fingerprint density at radius 1 is 1.48 bits per heavy atom. The fourth-order valence-electron chi connectivity index (χ4n) is 1.56. The molecule has 0 atom stereocenters. The number of carbonyl (C=O) groups excluding carboxylic acids is 1. The first-order valence-corrected chi connectivity index (χ1v) is 7.08. The number of rotatable bonds is 3. The molecule has 6 heteroatoms. The number of aromatic hydroxyl groups is 1. The number of benzene rings is 1. The molecule has 0 aliphatic heterocycles. The van der Waals surface area contributed by atoms with E-state index in [1.165, 1.54) is 17.4 Å². The standard InChI is InChI=1S/C15H14N2O3S/c1-10-8-11(5-6-13(10)19)14(20)17-15-16-9-12(21-15)4-2-3-7-18/h5-6,8-9,18-19H,3,7H2,1H3,(H,16,17,20). The molecule has 1 aromatic heterocycles. The van der Waals surface area contributed by atoms with E-state index in [1.807, 2.05) is 0 Å². The van der Waals surface area contributed by atoms with Crippen LogP contribution in [0.5, 0.6) is 5.75 Å². The van der Waals surface area contributed by atoms with Gasteiger partial charge in [-0.25, -0.2) is 4.98 Å². The molecule has 1 amide bonds. The Labute approximate surface area is 126 Å². The zero-order chi connectivity index (χ0) is 15.2. The number of aryl methyl sites for hydroxylation is 1. The van der Waals surface area contributed by atoms with Crippen LogP contribution >= 0.6 is 11.3 Å². The molecule has 0 saturated heterocycles. The molecule has 0 aliphatic rings. The molecule has 0 spiro atoms. The van der Waals surface area contributed by atoms with Crippen LogP contribution in [-0.4, -0.2) is 27.7 Å². The molecular formula is C15H14N2O3S. The topological polar surface area (TPSA) is 82.5 Å². The maximum absolute atomic E-state index is 12.1. The van der Waals surface area contributed by atoms with Crippen LogP contribution in [0.2, 0.25) is 0 Å². The lowest BCUT2D eigenvalue weighted by molar-refractivity contribution is 0.102. The molecule has 108 valence electrons. The lowest BCUT2D eigenvalue weighted by Crippen LogP contribution is -2.11. The molecule has 0 aliphatic carbocycles. The van der Waals surface area contributed by atoms with Crippen LogP contribution in [0.1, 0.15) is 27.2 Å². The Morgan fingerprint density at radius 3 is 3.00 bits per heavy atom. The maximum atomic E-state index is 12.1. The van der Waals surface area contributed by atoms with E-state index < -0.39 is 0 Å². The van der Waals surface area contributed by atoms with Crippen molar-refractivity contribution in [3.8, 4) is 17.6 Å². The van der Waals surface area contributed by atoms with Crippen LogP contribution in [0.4, 0.5) is 5.13 Å². The van der Waals surface area contributed by atoms with Crippen molar-refractivity contribution >= 4 is 22.4 Å². The third-order valence-electron chi connectivity index (χ3n) is 2.63. The van der Waals surface area contributed by atoms with E-state index >= 15 is 0 Å². The fourth-order valence-corrected chi connectivity index (χ4v) is 2.25. The highest BCUT2D eigenvalue weighted by Gasteiger charge is 2.10. The van der Waals surface area contributed by atoms with Crippen molar-refractivity contribution in [1.82, 2.24) is 4.98 Å². The van der Waals surface area contributed by atoms with Crippen molar-refractivity contribution in [2.45, 2.75) is 13.3 Å². The van der Waals surface area contributed by atoms with Crippen LogP contribution < -0.4 is 5.32 Å². The molecule has 21 heavy (non-hydrogen) atoms. The summed E-state index contributed by atoms with van der Waals surface area (Å²) in [5.74, 6) is 5.52. The largest absolute Gasteiger partial charge is 0.508 e. The first kappa shape index (κ1) is 15.0. The molecule has 1 heterocycles. The lowest BCUT2D eigenvalue weighted by Gasteiger charge is -2.03. The number of nitrogens with zero attached hydrogens (tertiary/aromatic N) is 1. The molecule has 0 saturated carbocycles. The minimum absolute atomic E-state index is 0.0234. The van der Waals surface area contributed by atoms with E-state index in [0.29, 0.717) is 22.7 Å². The van der Waals surface area contributed by atoms with Crippen molar-refractivity contribution in [3.05, 3.63) is 40.4 Å². The van der Waals surface area contributed by atoms with E-state index in [4.69, 9.17) is 5.11 Å². The van der Waals surface area contributed by atoms with E-state index in [-0.39, 0.29) is 18.3 Å². The molecule has 0 radical (unpaired) electrons. The van der Waals surface area contributed by atoms with Gasteiger partial charge < -0.3 is 10.2 Å². The number of aliphatic hydroxyl groups is 1. The zero-order valence-electron chi connectivity index (χ0n) is 11.4. The molecule has 2 aromatic rings. The van der Waals surface area contributed by atoms with Gasteiger partial charge in [-0.15, -0.1) is 0 Å². The third kappa shape index (κ3) is 4.05. The number of phenolic OH excluding ortho intramolecular Hbond substituents is 1. The summed E-state index contributed by atoms with van der Waals surface area (Å²) >= 11 is 1.27. The average Bonchev–Trinajstić information content (AvgIpc) is 2.89. The molecule has 0 fully saturated rings. The minimum atomic E-state index is -0.290. The van der Waals surface area contributed by atoms with Gasteiger partial charge in [0, 0.05) is 12.0 Å². The summed E-state index contributed by atoms with van der Waals surface area (Å²) in [6, 6.07) is 4.64. The summed E-state index contributed by atoms with van der Waals surface area (Å²) in [7, 11) is 0. The molecular weight excluding hydrogens is 288 g/mol. The van der Waals surface area contributed by atoms with Gasteiger partial charge in [0.25, 0.3) is 5.91 Å². The van der Waals surface area contributed by atoms with Gasteiger partial charge in [-0.3, -0.25) is 10.1 Å². The number of aliphatic hydroxyl groups excluding tert-OH is 1. The highest BCUT2D eigenvalue weighted by molar-refractivity contribution is 7.16. The van der Waals surface area contributed by atoms with Gasteiger partial charge in [-0.05, 0) is 30.7 Å². The smallest absolute Gasteiger partial charge is 0.257 e. The van der Waals surface area contributed by atoms with Crippen molar-refractivity contribution in [2.75, 3.05) is 11.9 Å². The SMILES string of the molecule is Cc1cc(C(=O)Nc2ncc(C#CCCO)s2)ccc1O. The predicted octanol–water partition coefficient (Wildman–Crippen LogP) is 2.14. The summed E-state index contributed by atoms with van der Waals surface area (Å²) < 4.78 is 0. The highest BCUT2D eigenvalue weighted by atomic mass is 32.1. The molecule has 2 rings (SSSR count). The Kier molecular flexibility index (Phi) is 4.93. The monoisotopic (exact) mass is 302 g/mol. The van der Waals surface area contributed by atoms with Crippen LogP contribution in [-0.2, 0) is 0 Å². The Balaban J connectivity index is 2.06. The van der Waals surface area contributed by atoms with Crippen molar-refractivity contribution in [2.24, 2.45) is 0 Å². The van der Waals surface area contributed by atoms with Gasteiger partial charge in [0.05, 0.1) is 17.7 Å². The van der Waals surface area contributed by atoms with Crippen molar-refractivity contribution in [1.29, 1.82) is 0 Å². The molecule has 3 N–H and O–H groups in total. The number of nitrogens with one attached hydrogen (secondary N) is 1. The number of phenols is 1. The van der Waals surface area contributed by atoms with Crippen molar-refractivity contribution < 1.29 is 15.0 Å². The van der Waals surface area contributed by atoms with E-state index in [1.54, 1.807) is 25.3 Å². The summed E-state index contributed by atoms with van der Waals surface area (Å²) in [6.07, 6.45) is 1.99. The van der Waals surface area contributed by atoms with Gasteiger partial charge in [0.15, 0.2) is 5.13 Å². The van der Waals surface area contributed by atoms with Crippen LogP contribution in [0, 0.1) is 18.8 Å². The van der Waals surface area contributed by atoms with Gasteiger partial charge in [-0.2, -0.15) is 0 Å². The van der Waals surface area contributed by atoms with E-state index in [2.05, 4.69) is 22.1 Å². The van der Waals surface area contributed by atoms with Crippen LogP contribution in [0.3, 0.4) is 0 Å². The van der Waals surface area contributed by atoms with E-state index in [9.17, 15) is 9.90 Å². The number of aromatic nitrogens is 1. The molecule has 0 unspecified atom stereocenters. The van der Waals surface area contributed by atoms with Crippen molar-refractivity contribution in [3.63, 3.8) is 0 Å². The minimum Gasteiger partial charge on any atom is -0.508 e. The second kappa shape index (κ2) is 6.88. The van der Waals surface area contributed by atoms with Gasteiger partial charge >= 0.3 is 0 Å². The number of thiazole rings is 1. The summed E-state index contributed by atoms with van der Waals surface area (Å²) in [6.45, 7) is 1.75. The second-order valence-electron chi connectivity index (χ2n) is 4.26. The fraction of sp³-hybridized carbons (Fsp3) is 0.200. The normalized spacial score (nSPS) is 9.81. The number of carbonyl (C=O) groups is 1. The van der Waals surface area contributed by atoms with E-state index in [0.717, 1.165) is 4.88 Å². The third-order valence-corrected chi connectivity index (χ3v) is 3.46. The Bertz CT molecular complexity index is 713. The zero-order valence-corrected chi connectivity index (χ0v) is 12.2. The first-order valence-electron chi connectivity index (χ1n) is 6.26. The number of anilines is 1. The average molecular weight is 302 g/mol. The summed E-state index contributed by atoms with van der Waals surface area (Å²) in [4.78, 5) is 16.8. The number of amides is 1. The van der Waals surface area contributed by atoms with Gasteiger partial charge in [0.1, 0.15) is 5.75 Å². The highest BCUT2D eigenvalue weighted by Crippen LogP contribution is 2.20. The number of hydrogen-bond acceptors (Lipinski definition) is 5. The maximum Gasteiger partial charge on any atom is 0.257 e. The Hall–Kier alpha value is -2.36. The second-order valence-corrected chi connectivity index (χ2v) is 5.29. The molecule has 0 bridgehead atoms. The van der Waals surface area contributed by atoms with Crippen LogP contribution in [0.25, 0.3) is 0 Å². The molecule has 5 nitrogen and oxygen atoms in total.